The van der Waals surface area contributed by atoms with Crippen LogP contribution in [0.2, 0.25) is 0 Å². The van der Waals surface area contributed by atoms with E-state index in [1.165, 1.54) is 19.3 Å². The van der Waals surface area contributed by atoms with Crippen molar-refractivity contribution in [3.8, 4) is 0 Å². The van der Waals surface area contributed by atoms with E-state index in [4.69, 9.17) is 4.42 Å². The van der Waals surface area contributed by atoms with Gasteiger partial charge in [-0.05, 0) is 12.5 Å². The summed E-state index contributed by atoms with van der Waals surface area (Å²) in [5.74, 6) is 0. The maximum Gasteiger partial charge on any atom is 0.0960 e. The minimum absolute atomic E-state index is 0.337. The van der Waals surface area contributed by atoms with E-state index >= 15 is 0 Å². The van der Waals surface area contributed by atoms with Crippen molar-refractivity contribution in [2.75, 3.05) is 0 Å². The minimum atomic E-state index is -0.337. The van der Waals surface area contributed by atoms with E-state index in [2.05, 4.69) is 6.92 Å². The lowest BCUT2D eigenvalue weighted by atomic mass is 10.1. The Hall–Kier alpha value is -0.760. The molecule has 0 aliphatic rings. The molecule has 1 aromatic heterocycles. The van der Waals surface area contributed by atoms with E-state index in [0.29, 0.717) is 0 Å². The van der Waals surface area contributed by atoms with Crippen molar-refractivity contribution in [3.63, 3.8) is 0 Å². The van der Waals surface area contributed by atoms with Crippen molar-refractivity contribution in [1.82, 2.24) is 0 Å². The lowest BCUT2D eigenvalue weighted by Gasteiger charge is -2.06. The number of aliphatic hydroxyl groups excluding tert-OH is 1. The first-order valence-electron chi connectivity index (χ1n) is 5.04. The van der Waals surface area contributed by atoms with E-state index in [1.807, 2.05) is 6.07 Å². The summed E-state index contributed by atoms with van der Waals surface area (Å²) < 4.78 is 4.90. The molecule has 0 fully saturated rings. The molecular weight excluding hydrogens is 164 g/mol. The molecule has 1 heterocycles. The highest BCUT2D eigenvalue weighted by Gasteiger charge is 2.07. The summed E-state index contributed by atoms with van der Waals surface area (Å²) in [7, 11) is 0. The van der Waals surface area contributed by atoms with Gasteiger partial charge < -0.3 is 9.52 Å². The SMILES string of the molecule is CCCCCCC(O)c1ccoc1. The van der Waals surface area contributed by atoms with Crippen LogP contribution in [0.15, 0.2) is 23.0 Å². The van der Waals surface area contributed by atoms with Crippen molar-refractivity contribution in [2.45, 2.75) is 45.1 Å². The van der Waals surface area contributed by atoms with E-state index in [-0.39, 0.29) is 6.10 Å². The Bertz CT molecular complexity index is 204. The highest BCUT2D eigenvalue weighted by atomic mass is 16.3. The fourth-order valence-electron chi connectivity index (χ4n) is 1.40. The summed E-state index contributed by atoms with van der Waals surface area (Å²) in [5, 5.41) is 9.65. The van der Waals surface area contributed by atoms with Crippen LogP contribution in [0.5, 0.6) is 0 Å². The van der Waals surface area contributed by atoms with Gasteiger partial charge in [0.25, 0.3) is 0 Å². The Morgan fingerprint density at radius 3 is 2.85 bits per heavy atom. The first kappa shape index (κ1) is 10.3. The lowest BCUT2D eigenvalue weighted by Crippen LogP contribution is -1.94. The Balaban J connectivity index is 2.15. The smallest absolute Gasteiger partial charge is 0.0960 e. The first-order chi connectivity index (χ1) is 6.34. The van der Waals surface area contributed by atoms with Crippen LogP contribution in [0.25, 0.3) is 0 Å². The summed E-state index contributed by atoms with van der Waals surface area (Å²) in [6.45, 7) is 2.19. The lowest BCUT2D eigenvalue weighted by molar-refractivity contribution is 0.162. The molecule has 0 aliphatic carbocycles. The Labute approximate surface area is 79.6 Å². The van der Waals surface area contributed by atoms with Gasteiger partial charge in [-0.25, -0.2) is 0 Å². The maximum absolute atomic E-state index is 9.65. The van der Waals surface area contributed by atoms with Crippen molar-refractivity contribution >= 4 is 0 Å². The van der Waals surface area contributed by atoms with Crippen LogP contribution < -0.4 is 0 Å². The van der Waals surface area contributed by atoms with Crippen LogP contribution in [0, 0.1) is 0 Å². The third kappa shape index (κ3) is 3.64. The molecule has 0 saturated carbocycles. The Kier molecular flexibility index (Phi) is 4.61. The standard InChI is InChI=1S/C11H18O2/c1-2-3-4-5-6-11(12)10-7-8-13-9-10/h7-9,11-12H,2-6H2,1H3. The Morgan fingerprint density at radius 2 is 2.23 bits per heavy atom. The highest BCUT2D eigenvalue weighted by Crippen LogP contribution is 2.19. The van der Waals surface area contributed by atoms with Gasteiger partial charge in [-0.1, -0.05) is 32.6 Å². The molecule has 13 heavy (non-hydrogen) atoms. The van der Waals surface area contributed by atoms with Gasteiger partial charge in [0.05, 0.1) is 18.6 Å². The van der Waals surface area contributed by atoms with Crippen LogP contribution >= 0.6 is 0 Å². The molecule has 1 N–H and O–H groups in total. The largest absolute Gasteiger partial charge is 0.472 e. The third-order valence-electron chi connectivity index (χ3n) is 2.26. The van der Waals surface area contributed by atoms with E-state index in [9.17, 15) is 5.11 Å². The molecule has 0 aromatic carbocycles. The summed E-state index contributed by atoms with van der Waals surface area (Å²) in [6.07, 6.45) is 8.54. The average Bonchev–Trinajstić information content (AvgIpc) is 2.65. The topological polar surface area (TPSA) is 33.4 Å². The summed E-state index contributed by atoms with van der Waals surface area (Å²) in [6, 6.07) is 1.82. The zero-order valence-electron chi connectivity index (χ0n) is 8.20. The number of hydrogen-bond acceptors (Lipinski definition) is 2. The average molecular weight is 182 g/mol. The zero-order valence-corrected chi connectivity index (χ0v) is 8.20. The molecular formula is C11H18O2. The van der Waals surface area contributed by atoms with E-state index < -0.39 is 0 Å². The molecule has 0 radical (unpaired) electrons. The number of unbranched alkanes of at least 4 members (excludes halogenated alkanes) is 3. The normalized spacial score (nSPS) is 13.1. The second-order valence-corrected chi connectivity index (χ2v) is 3.42. The van der Waals surface area contributed by atoms with Gasteiger partial charge in [0.1, 0.15) is 0 Å². The number of furan rings is 1. The van der Waals surface area contributed by atoms with Crippen molar-refractivity contribution in [1.29, 1.82) is 0 Å². The third-order valence-corrected chi connectivity index (χ3v) is 2.26. The van der Waals surface area contributed by atoms with Crippen LogP contribution in [0.4, 0.5) is 0 Å². The first-order valence-corrected chi connectivity index (χ1v) is 5.04. The molecule has 1 unspecified atom stereocenters. The van der Waals surface area contributed by atoms with Crippen LogP contribution in [-0.2, 0) is 0 Å². The van der Waals surface area contributed by atoms with Gasteiger partial charge in [0.15, 0.2) is 0 Å². The molecule has 0 bridgehead atoms. The monoisotopic (exact) mass is 182 g/mol. The minimum Gasteiger partial charge on any atom is -0.472 e. The molecule has 1 rings (SSSR count). The van der Waals surface area contributed by atoms with Gasteiger partial charge in [-0.15, -0.1) is 0 Å². The molecule has 74 valence electrons. The molecule has 2 heteroatoms. The van der Waals surface area contributed by atoms with Gasteiger partial charge in [0, 0.05) is 5.56 Å². The summed E-state index contributed by atoms with van der Waals surface area (Å²) in [5.41, 5.74) is 0.900. The second-order valence-electron chi connectivity index (χ2n) is 3.42. The number of aliphatic hydroxyl groups is 1. The van der Waals surface area contributed by atoms with E-state index in [0.717, 1.165) is 18.4 Å². The number of hydrogen-bond donors (Lipinski definition) is 1. The second kappa shape index (κ2) is 5.81. The highest BCUT2D eigenvalue weighted by molar-refractivity contribution is 5.08. The van der Waals surface area contributed by atoms with Crippen LogP contribution in [-0.4, -0.2) is 5.11 Å². The van der Waals surface area contributed by atoms with Gasteiger partial charge >= 0.3 is 0 Å². The van der Waals surface area contributed by atoms with Crippen LogP contribution in [0.1, 0.15) is 50.7 Å². The van der Waals surface area contributed by atoms with Gasteiger partial charge in [-0.2, -0.15) is 0 Å². The van der Waals surface area contributed by atoms with Crippen molar-refractivity contribution in [2.24, 2.45) is 0 Å². The fraction of sp³-hybridized carbons (Fsp3) is 0.636. The summed E-state index contributed by atoms with van der Waals surface area (Å²) >= 11 is 0. The quantitative estimate of drug-likeness (QED) is 0.685. The molecule has 1 atom stereocenters. The molecule has 0 saturated heterocycles. The summed E-state index contributed by atoms with van der Waals surface area (Å²) in [4.78, 5) is 0. The number of rotatable bonds is 6. The maximum atomic E-state index is 9.65. The zero-order chi connectivity index (χ0) is 9.52. The predicted molar refractivity (Wildman–Crippen MR) is 52.4 cm³/mol. The Morgan fingerprint density at radius 1 is 1.38 bits per heavy atom. The molecule has 0 aliphatic heterocycles. The van der Waals surface area contributed by atoms with Gasteiger partial charge in [-0.3, -0.25) is 0 Å². The molecule has 2 nitrogen and oxygen atoms in total. The fourth-order valence-corrected chi connectivity index (χ4v) is 1.40. The molecule has 0 amide bonds. The van der Waals surface area contributed by atoms with Crippen molar-refractivity contribution in [3.05, 3.63) is 24.2 Å². The van der Waals surface area contributed by atoms with Crippen LogP contribution in [0.3, 0.4) is 0 Å². The molecule has 0 spiro atoms. The predicted octanol–water partition coefficient (Wildman–Crippen LogP) is 3.28. The van der Waals surface area contributed by atoms with Gasteiger partial charge in [0.2, 0.25) is 0 Å². The van der Waals surface area contributed by atoms with Crippen molar-refractivity contribution < 1.29 is 9.52 Å². The molecule has 1 aromatic rings. The van der Waals surface area contributed by atoms with E-state index in [1.54, 1.807) is 12.5 Å².